The summed E-state index contributed by atoms with van der Waals surface area (Å²) in [7, 11) is 0. The van der Waals surface area contributed by atoms with E-state index in [2.05, 4.69) is 10.3 Å². The molecule has 156 valence electrons. The largest absolute Gasteiger partial charge is 0.506 e. The standard InChI is InChI=1S/C26H18N2O3S/c29-23-20-15-21(18-9-5-2-6-10-18)32-26(20)28-25(31)22(23)24(30)27-19-13-11-17(12-14-19)16-7-3-1-4-8-16/h1-15H,(H,27,30)(H2,28,29,31). The second-order valence-corrected chi connectivity index (χ2v) is 8.35. The minimum atomic E-state index is -0.662. The quantitative estimate of drug-likeness (QED) is 0.328. The lowest BCUT2D eigenvalue weighted by molar-refractivity contribution is 0.102. The van der Waals surface area contributed by atoms with E-state index in [0.29, 0.717) is 15.9 Å². The molecule has 0 radical (unpaired) electrons. The lowest BCUT2D eigenvalue weighted by Gasteiger charge is -2.08. The number of aromatic amines is 1. The highest BCUT2D eigenvalue weighted by Gasteiger charge is 2.21. The number of hydrogen-bond donors (Lipinski definition) is 3. The number of rotatable bonds is 4. The number of benzene rings is 3. The molecule has 0 atom stereocenters. The highest BCUT2D eigenvalue weighted by Crippen LogP contribution is 2.37. The number of thiophene rings is 1. The van der Waals surface area contributed by atoms with Gasteiger partial charge in [0.15, 0.2) is 0 Å². The van der Waals surface area contributed by atoms with Crippen molar-refractivity contribution < 1.29 is 9.90 Å². The van der Waals surface area contributed by atoms with Crippen molar-refractivity contribution >= 4 is 33.1 Å². The molecule has 0 aliphatic carbocycles. The van der Waals surface area contributed by atoms with E-state index in [-0.39, 0.29) is 11.3 Å². The average Bonchev–Trinajstić information content (AvgIpc) is 3.25. The number of amides is 1. The third kappa shape index (κ3) is 3.68. The number of aromatic nitrogens is 1. The van der Waals surface area contributed by atoms with Crippen molar-refractivity contribution in [3.63, 3.8) is 0 Å². The molecule has 3 aromatic carbocycles. The Kier molecular flexibility index (Phi) is 5.05. The molecule has 0 aliphatic heterocycles. The van der Waals surface area contributed by atoms with E-state index in [1.807, 2.05) is 72.8 Å². The normalized spacial score (nSPS) is 10.9. The summed E-state index contributed by atoms with van der Waals surface area (Å²) in [5, 5.41) is 13.9. The zero-order valence-corrected chi connectivity index (χ0v) is 17.6. The Labute approximate surface area is 187 Å². The predicted octanol–water partition coefficient (Wildman–Crippen LogP) is 5.88. The maximum atomic E-state index is 12.8. The van der Waals surface area contributed by atoms with Gasteiger partial charge in [0.2, 0.25) is 0 Å². The van der Waals surface area contributed by atoms with E-state index >= 15 is 0 Å². The zero-order chi connectivity index (χ0) is 22.1. The van der Waals surface area contributed by atoms with Crippen LogP contribution in [0.15, 0.2) is 95.8 Å². The first kappa shape index (κ1) is 19.8. The molecule has 3 N–H and O–H groups in total. The first-order chi connectivity index (χ1) is 15.6. The molecule has 0 fully saturated rings. The maximum Gasteiger partial charge on any atom is 0.265 e. The van der Waals surface area contributed by atoms with Crippen LogP contribution in [0, 0.1) is 0 Å². The van der Waals surface area contributed by atoms with Crippen LogP contribution in [-0.2, 0) is 0 Å². The summed E-state index contributed by atoms with van der Waals surface area (Å²) in [6, 6.07) is 28.7. The Morgan fingerprint density at radius 2 is 1.41 bits per heavy atom. The van der Waals surface area contributed by atoms with Gasteiger partial charge in [-0.15, -0.1) is 11.3 Å². The van der Waals surface area contributed by atoms with Crippen molar-refractivity contribution in [1.29, 1.82) is 0 Å². The van der Waals surface area contributed by atoms with Gasteiger partial charge < -0.3 is 15.4 Å². The molecule has 0 aliphatic rings. The van der Waals surface area contributed by atoms with E-state index in [0.717, 1.165) is 21.6 Å². The van der Waals surface area contributed by atoms with Gasteiger partial charge in [0.25, 0.3) is 11.5 Å². The molecule has 0 bridgehead atoms. The Morgan fingerprint density at radius 1 is 0.812 bits per heavy atom. The van der Waals surface area contributed by atoms with E-state index in [4.69, 9.17) is 0 Å². The van der Waals surface area contributed by atoms with E-state index in [1.54, 1.807) is 18.2 Å². The van der Waals surface area contributed by atoms with Gasteiger partial charge in [-0.2, -0.15) is 0 Å². The second kappa shape index (κ2) is 8.17. The van der Waals surface area contributed by atoms with Crippen LogP contribution in [0.1, 0.15) is 10.4 Å². The van der Waals surface area contributed by atoms with Gasteiger partial charge in [0, 0.05) is 10.6 Å². The summed E-state index contributed by atoms with van der Waals surface area (Å²) >= 11 is 1.36. The number of H-pyrrole nitrogens is 1. The topological polar surface area (TPSA) is 82.2 Å². The van der Waals surface area contributed by atoms with E-state index in [1.165, 1.54) is 11.3 Å². The molecule has 5 aromatic rings. The van der Waals surface area contributed by atoms with Crippen molar-refractivity contribution in [2.45, 2.75) is 0 Å². The molecule has 32 heavy (non-hydrogen) atoms. The number of pyridine rings is 1. The van der Waals surface area contributed by atoms with E-state index < -0.39 is 11.5 Å². The molecule has 6 heteroatoms. The number of anilines is 1. The fraction of sp³-hybridized carbons (Fsp3) is 0. The SMILES string of the molecule is O=C(Nc1ccc(-c2ccccc2)cc1)c1c(O)c2cc(-c3ccccc3)sc2[nH]c1=O. The monoisotopic (exact) mass is 438 g/mol. The van der Waals surface area contributed by atoms with Crippen LogP contribution in [0.4, 0.5) is 5.69 Å². The van der Waals surface area contributed by atoms with Gasteiger partial charge in [-0.3, -0.25) is 9.59 Å². The molecule has 0 spiro atoms. The van der Waals surface area contributed by atoms with Gasteiger partial charge in [-0.1, -0.05) is 72.8 Å². The molecule has 0 saturated heterocycles. The van der Waals surface area contributed by atoms with Crippen molar-refractivity contribution in [2.75, 3.05) is 5.32 Å². The second-order valence-electron chi connectivity index (χ2n) is 7.29. The number of carbonyl (C=O) groups excluding carboxylic acids is 1. The summed E-state index contributed by atoms with van der Waals surface area (Å²) in [4.78, 5) is 29.6. The first-order valence-electron chi connectivity index (χ1n) is 10.0. The molecule has 2 aromatic heterocycles. The molecule has 0 saturated carbocycles. The van der Waals surface area contributed by atoms with Crippen molar-refractivity contribution in [2.24, 2.45) is 0 Å². The average molecular weight is 439 g/mol. The first-order valence-corrected chi connectivity index (χ1v) is 10.8. The summed E-state index contributed by atoms with van der Waals surface area (Å²) in [5.41, 5.74) is 2.65. The lowest BCUT2D eigenvalue weighted by Crippen LogP contribution is -2.23. The molecular weight excluding hydrogens is 420 g/mol. The molecule has 2 heterocycles. The van der Waals surface area contributed by atoms with Crippen LogP contribution in [0.2, 0.25) is 0 Å². The number of fused-ring (bicyclic) bond motifs is 1. The highest BCUT2D eigenvalue weighted by atomic mass is 32.1. The van der Waals surface area contributed by atoms with Gasteiger partial charge in [-0.05, 0) is 34.9 Å². The number of carbonyl (C=O) groups is 1. The summed E-state index contributed by atoms with van der Waals surface area (Å²) in [6.45, 7) is 0. The Bertz CT molecular complexity index is 1470. The van der Waals surface area contributed by atoms with Gasteiger partial charge >= 0.3 is 0 Å². The highest BCUT2D eigenvalue weighted by molar-refractivity contribution is 7.21. The third-order valence-corrected chi connectivity index (χ3v) is 6.31. The number of nitrogens with one attached hydrogen (secondary N) is 2. The zero-order valence-electron chi connectivity index (χ0n) is 16.8. The minimum absolute atomic E-state index is 0.304. The third-order valence-electron chi connectivity index (χ3n) is 5.21. The lowest BCUT2D eigenvalue weighted by atomic mass is 10.1. The minimum Gasteiger partial charge on any atom is -0.506 e. The van der Waals surface area contributed by atoms with E-state index in [9.17, 15) is 14.7 Å². The summed E-state index contributed by atoms with van der Waals surface area (Å²) in [6.07, 6.45) is 0. The van der Waals surface area contributed by atoms with Crippen LogP contribution in [0.3, 0.4) is 0 Å². The number of aromatic hydroxyl groups is 1. The van der Waals surface area contributed by atoms with Crippen LogP contribution < -0.4 is 10.9 Å². The Hall–Kier alpha value is -4.16. The summed E-state index contributed by atoms with van der Waals surface area (Å²) in [5.74, 6) is -0.980. The Morgan fingerprint density at radius 3 is 2.06 bits per heavy atom. The Balaban J connectivity index is 1.45. The van der Waals surface area contributed by atoms with Gasteiger partial charge in [-0.25, -0.2) is 0 Å². The molecule has 1 amide bonds. The fourth-order valence-electron chi connectivity index (χ4n) is 3.59. The van der Waals surface area contributed by atoms with Crippen LogP contribution >= 0.6 is 11.3 Å². The van der Waals surface area contributed by atoms with Crippen LogP contribution in [0.25, 0.3) is 31.8 Å². The summed E-state index contributed by atoms with van der Waals surface area (Å²) < 4.78 is 0. The van der Waals surface area contributed by atoms with Crippen molar-refractivity contribution in [3.05, 3.63) is 107 Å². The molecule has 5 nitrogen and oxygen atoms in total. The maximum absolute atomic E-state index is 12.8. The van der Waals surface area contributed by atoms with Crippen LogP contribution in [0.5, 0.6) is 5.75 Å². The fourth-order valence-corrected chi connectivity index (χ4v) is 4.65. The van der Waals surface area contributed by atoms with Gasteiger partial charge in [0.05, 0.1) is 5.39 Å². The predicted molar refractivity (Wildman–Crippen MR) is 129 cm³/mol. The van der Waals surface area contributed by atoms with Crippen molar-refractivity contribution in [1.82, 2.24) is 4.98 Å². The molecular formula is C26H18N2O3S. The van der Waals surface area contributed by atoms with Crippen LogP contribution in [-0.4, -0.2) is 16.0 Å². The smallest absolute Gasteiger partial charge is 0.265 e. The van der Waals surface area contributed by atoms with Gasteiger partial charge in [0.1, 0.15) is 16.1 Å². The molecule has 5 rings (SSSR count). The molecule has 0 unspecified atom stereocenters. The number of hydrogen-bond acceptors (Lipinski definition) is 4. The van der Waals surface area contributed by atoms with Crippen molar-refractivity contribution in [3.8, 4) is 27.3 Å².